The third-order valence-electron chi connectivity index (χ3n) is 4.75. The van der Waals surface area contributed by atoms with Crippen molar-refractivity contribution in [2.75, 3.05) is 26.2 Å². The molecule has 0 aromatic heterocycles. The van der Waals surface area contributed by atoms with Crippen molar-refractivity contribution in [2.24, 2.45) is 5.92 Å². The monoisotopic (exact) mass is 314 g/mol. The van der Waals surface area contributed by atoms with Gasteiger partial charge in [-0.3, -0.25) is 0 Å². The highest BCUT2D eigenvalue weighted by molar-refractivity contribution is 6.27. The van der Waals surface area contributed by atoms with Crippen LogP contribution in [0.5, 0.6) is 0 Å². The average Bonchev–Trinajstić information content (AvgIpc) is 2.48. The van der Waals surface area contributed by atoms with E-state index in [1.54, 1.807) is 0 Å². The summed E-state index contributed by atoms with van der Waals surface area (Å²) in [5.41, 5.74) is 0. The number of carboxylic acids is 2. The van der Waals surface area contributed by atoms with E-state index in [-0.39, 0.29) is 0 Å². The van der Waals surface area contributed by atoms with E-state index in [1.807, 2.05) is 0 Å². The molecule has 2 fully saturated rings. The lowest BCUT2D eigenvalue weighted by Crippen LogP contribution is -2.48. The summed E-state index contributed by atoms with van der Waals surface area (Å²) in [5, 5.41) is 14.8. The van der Waals surface area contributed by atoms with E-state index in [0.29, 0.717) is 0 Å². The Hall–Kier alpha value is -1.14. The summed E-state index contributed by atoms with van der Waals surface area (Å²) in [7, 11) is 0. The molecule has 0 atom stereocenters. The van der Waals surface area contributed by atoms with Gasteiger partial charge >= 0.3 is 11.9 Å². The van der Waals surface area contributed by atoms with E-state index in [1.165, 1.54) is 51.9 Å². The normalized spacial score (nSPS) is 22.2. The predicted molar refractivity (Wildman–Crippen MR) is 85.0 cm³/mol. The molecule has 2 aliphatic rings. The highest BCUT2D eigenvalue weighted by Crippen LogP contribution is 2.23. The molecule has 0 amide bonds. The van der Waals surface area contributed by atoms with Crippen LogP contribution in [0, 0.1) is 5.92 Å². The summed E-state index contributed by atoms with van der Waals surface area (Å²) in [5.74, 6) is -2.68. The molecule has 2 aliphatic heterocycles. The van der Waals surface area contributed by atoms with Crippen LogP contribution in [0.1, 0.15) is 46.5 Å². The fourth-order valence-corrected chi connectivity index (χ4v) is 3.16. The van der Waals surface area contributed by atoms with Crippen LogP contribution < -0.4 is 0 Å². The van der Waals surface area contributed by atoms with Gasteiger partial charge in [-0.05, 0) is 71.6 Å². The molecule has 2 rings (SSSR count). The third-order valence-corrected chi connectivity index (χ3v) is 4.75. The lowest BCUT2D eigenvalue weighted by molar-refractivity contribution is -0.159. The number of piperidine rings is 2. The van der Waals surface area contributed by atoms with Crippen LogP contribution in [0.2, 0.25) is 0 Å². The Morgan fingerprint density at radius 2 is 1.36 bits per heavy atom. The van der Waals surface area contributed by atoms with Crippen LogP contribution in [-0.2, 0) is 9.59 Å². The Labute approximate surface area is 133 Å². The van der Waals surface area contributed by atoms with E-state index < -0.39 is 11.9 Å². The van der Waals surface area contributed by atoms with Gasteiger partial charge < -0.3 is 20.0 Å². The molecule has 0 bridgehead atoms. The summed E-state index contributed by atoms with van der Waals surface area (Å²) < 4.78 is 0. The van der Waals surface area contributed by atoms with Gasteiger partial charge in [-0.2, -0.15) is 0 Å². The molecular weight excluding hydrogens is 284 g/mol. The zero-order chi connectivity index (χ0) is 16.7. The smallest absolute Gasteiger partial charge is 0.414 e. The van der Waals surface area contributed by atoms with Gasteiger partial charge in [-0.15, -0.1) is 0 Å². The van der Waals surface area contributed by atoms with E-state index >= 15 is 0 Å². The lowest BCUT2D eigenvalue weighted by Gasteiger charge is -2.42. The Kier molecular flexibility index (Phi) is 7.82. The number of hydrogen-bond acceptors (Lipinski definition) is 4. The van der Waals surface area contributed by atoms with Gasteiger partial charge in [0.15, 0.2) is 0 Å². The van der Waals surface area contributed by atoms with Crippen molar-refractivity contribution in [2.45, 2.75) is 58.5 Å². The van der Waals surface area contributed by atoms with Gasteiger partial charge in [0.2, 0.25) is 0 Å². The predicted octanol–water partition coefficient (Wildman–Crippen LogP) is 1.75. The number of likely N-dealkylation sites (tertiary alicyclic amines) is 2. The van der Waals surface area contributed by atoms with E-state index in [0.717, 1.165) is 18.0 Å². The van der Waals surface area contributed by atoms with Crippen molar-refractivity contribution in [3.63, 3.8) is 0 Å². The van der Waals surface area contributed by atoms with E-state index in [9.17, 15) is 0 Å². The molecule has 128 valence electrons. The molecule has 6 nitrogen and oxygen atoms in total. The zero-order valence-corrected chi connectivity index (χ0v) is 14.0. The minimum atomic E-state index is -1.82. The van der Waals surface area contributed by atoms with Gasteiger partial charge in [0.05, 0.1) is 0 Å². The number of rotatable bonds is 2. The van der Waals surface area contributed by atoms with Gasteiger partial charge in [0.25, 0.3) is 0 Å². The largest absolute Gasteiger partial charge is 0.473 e. The SMILES string of the molecule is CC1CCN(C2CCN(C(C)C)CC2)CC1.O=C(O)C(=O)O. The molecular formula is C16H30N2O4. The maximum Gasteiger partial charge on any atom is 0.414 e. The number of hydrogen-bond donors (Lipinski definition) is 2. The molecule has 2 saturated heterocycles. The first-order valence-corrected chi connectivity index (χ1v) is 8.25. The van der Waals surface area contributed by atoms with Crippen LogP contribution >= 0.6 is 0 Å². The van der Waals surface area contributed by atoms with Crippen molar-refractivity contribution in [3.05, 3.63) is 0 Å². The van der Waals surface area contributed by atoms with Gasteiger partial charge in [-0.1, -0.05) is 6.92 Å². The minimum Gasteiger partial charge on any atom is -0.473 e. The lowest BCUT2D eigenvalue weighted by atomic mass is 9.94. The summed E-state index contributed by atoms with van der Waals surface area (Å²) in [6.07, 6.45) is 5.63. The quantitative estimate of drug-likeness (QED) is 0.756. The summed E-state index contributed by atoms with van der Waals surface area (Å²) in [6, 6.07) is 1.63. The maximum atomic E-state index is 9.10. The molecule has 0 unspecified atom stereocenters. The first-order chi connectivity index (χ1) is 10.3. The minimum absolute atomic E-state index is 0.738. The highest BCUT2D eigenvalue weighted by atomic mass is 16.4. The summed E-state index contributed by atoms with van der Waals surface area (Å²) in [6.45, 7) is 12.4. The zero-order valence-electron chi connectivity index (χ0n) is 14.0. The topological polar surface area (TPSA) is 81.1 Å². The van der Waals surface area contributed by atoms with Crippen LogP contribution in [0.4, 0.5) is 0 Å². The molecule has 0 aromatic carbocycles. The van der Waals surface area contributed by atoms with Gasteiger partial charge in [-0.25, -0.2) is 9.59 Å². The van der Waals surface area contributed by atoms with E-state index in [4.69, 9.17) is 19.8 Å². The Balaban J connectivity index is 0.000000346. The fourth-order valence-electron chi connectivity index (χ4n) is 3.16. The second-order valence-electron chi connectivity index (χ2n) is 6.69. The second kappa shape index (κ2) is 9.10. The molecule has 0 radical (unpaired) electrons. The molecule has 2 heterocycles. The molecule has 2 N–H and O–H groups in total. The first kappa shape index (κ1) is 18.9. The number of carboxylic acid groups (broad SMARTS) is 2. The number of aliphatic carboxylic acids is 2. The van der Waals surface area contributed by atoms with Gasteiger partial charge in [0, 0.05) is 12.1 Å². The Bertz CT molecular complexity index is 345. The van der Waals surface area contributed by atoms with Crippen LogP contribution in [-0.4, -0.2) is 70.2 Å². The number of nitrogens with zero attached hydrogens (tertiary/aromatic N) is 2. The molecule has 0 spiro atoms. The first-order valence-electron chi connectivity index (χ1n) is 8.25. The molecule has 0 aliphatic carbocycles. The van der Waals surface area contributed by atoms with Gasteiger partial charge in [0.1, 0.15) is 0 Å². The van der Waals surface area contributed by atoms with Crippen molar-refractivity contribution in [1.82, 2.24) is 9.80 Å². The van der Waals surface area contributed by atoms with Crippen molar-refractivity contribution in [3.8, 4) is 0 Å². The summed E-state index contributed by atoms with van der Waals surface area (Å²) >= 11 is 0. The maximum absolute atomic E-state index is 9.10. The molecule has 6 heteroatoms. The summed E-state index contributed by atoms with van der Waals surface area (Å²) in [4.78, 5) is 23.6. The Morgan fingerprint density at radius 1 is 0.909 bits per heavy atom. The number of carbonyl (C=O) groups is 2. The average molecular weight is 314 g/mol. The third kappa shape index (κ3) is 6.32. The molecule has 0 saturated carbocycles. The van der Waals surface area contributed by atoms with Crippen LogP contribution in [0.15, 0.2) is 0 Å². The van der Waals surface area contributed by atoms with Crippen molar-refractivity contribution >= 4 is 11.9 Å². The second-order valence-corrected chi connectivity index (χ2v) is 6.69. The Morgan fingerprint density at radius 3 is 1.73 bits per heavy atom. The fraction of sp³-hybridized carbons (Fsp3) is 0.875. The molecule has 0 aromatic rings. The highest BCUT2D eigenvalue weighted by Gasteiger charge is 2.27. The van der Waals surface area contributed by atoms with E-state index in [2.05, 4.69) is 30.6 Å². The van der Waals surface area contributed by atoms with Crippen molar-refractivity contribution < 1.29 is 19.8 Å². The standard InChI is InChI=1S/C14H28N2.C2H2O4/c1-12(2)15-10-6-14(7-11-15)16-8-4-13(3)5-9-16;3-1(4)2(5)6/h12-14H,4-11H2,1-3H3;(H,3,4)(H,5,6). The van der Waals surface area contributed by atoms with Crippen LogP contribution in [0.3, 0.4) is 0 Å². The van der Waals surface area contributed by atoms with Crippen LogP contribution in [0.25, 0.3) is 0 Å². The molecule has 22 heavy (non-hydrogen) atoms. The van der Waals surface area contributed by atoms with Crippen molar-refractivity contribution in [1.29, 1.82) is 0 Å².